The minimum Gasteiger partial charge on any atom is -0.458 e. The van der Waals surface area contributed by atoms with Crippen molar-refractivity contribution >= 4 is 21.9 Å². The molecule has 2 fully saturated rings. The van der Waals surface area contributed by atoms with Gasteiger partial charge in [0.25, 0.3) is 0 Å². The summed E-state index contributed by atoms with van der Waals surface area (Å²) in [5, 5.41) is 0. The van der Waals surface area contributed by atoms with Crippen LogP contribution in [0.2, 0.25) is 0 Å². The molecule has 0 bridgehead atoms. The average Bonchev–Trinajstić information content (AvgIpc) is 2.41. The van der Waals surface area contributed by atoms with Gasteiger partial charge in [0.05, 0.1) is 11.2 Å². The standard InChI is InChI=1S/C12H17BrO2/c1-7(2)8-4-9-6-11(14)15-12(9,3)10(13)5-8/h8-10H,1,4-6H2,2-3H3/t8-,9+,10-,12-/m1/s1. The normalized spacial score (nSPS) is 44.7. The molecule has 0 spiro atoms. The predicted molar refractivity (Wildman–Crippen MR) is 62.9 cm³/mol. The van der Waals surface area contributed by atoms with Crippen molar-refractivity contribution in [2.45, 2.75) is 43.5 Å². The van der Waals surface area contributed by atoms with Crippen LogP contribution >= 0.6 is 15.9 Å². The van der Waals surface area contributed by atoms with Crippen LogP contribution in [0.5, 0.6) is 0 Å². The Labute approximate surface area is 99.2 Å². The Morgan fingerprint density at radius 3 is 2.87 bits per heavy atom. The second-order valence-electron chi connectivity index (χ2n) is 5.04. The second-order valence-corrected chi connectivity index (χ2v) is 6.15. The largest absolute Gasteiger partial charge is 0.458 e. The van der Waals surface area contributed by atoms with Gasteiger partial charge in [0.1, 0.15) is 5.60 Å². The first-order chi connectivity index (χ1) is 6.93. The molecule has 0 radical (unpaired) electrons. The van der Waals surface area contributed by atoms with Crippen LogP contribution in [-0.4, -0.2) is 16.4 Å². The highest BCUT2D eigenvalue weighted by Crippen LogP contribution is 2.49. The van der Waals surface area contributed by atoms with Gasteiger partial charge in [-0.05, 0) is 32.6 Å². The minimum absolute atomic E-state index is 0.0469. The highest BCUT2D eigenvalue weighted by Gasteiger charge is 2.53. The van der Waals surface area contributed by atoms with Gasteiger partial charge in [-0.25, -0.2) is 0 Å². The number of allylic oxidation sites excluding steroid dienone is 1. The molecular weight excluding hydrogens is 256 g/mol. The summed E-state index contributed by atoms with van der Waals surface area (Å²) in [4.78, 5) is 11.6. The number of alkyl halides is 1. The fourth-order valence-corrected chi connectivity index (χ4v) is 3.66. The van der Waals surface area contributed by atoms with Crippen molar-refractivity contribution in [3.63, 3.8) is 0 Å². The van der Waals surface area contributed by atoms with E-state index in [0.717, 1.165) is 12.8 Å². The number of carbonyl (C=O) groups is 1. The number of rotatable bonds is 1. The zero-order valence-electron chi connectivity index (χ0n) is 9.25. The van der Waals surface area contributed by atoms with Crippen molar-refractivity contribution < 1.29 is 9.53 Å². The maximum absolute atomic E-state index is 11.4. The van der Waals surface area contributed by atoms with E-state index in [2.05, 4.69) is 36.4 Å². The molecule has 4 atom stereocenters. The molecule has 2 aliphatic rings. The minimum atomic E-state index is -0.289. The van der Waals surface area contributed by atoms with Gasteiger partial charge in [0.15, 0.2) is 0 Å². The van der Waals surface area contributed by atoms with E-state index in [0.29, 0.717) is 18.3 Å². The van der Waals surface area contributed by atoms with Crippen LogP contribution in [0.15, 0.2) is 12.2 Å². The molecule has 1 heterocycles. The van der Waals surface area contributed by atoms with E-state index in [-0.39, 0.29) is 16.4 Å². The third-order valence-electron chi connectivity index (χ3n) is 3.94. The van der Waals surface area contributed by atoms with E-state index in [9.17, 15) is 4.79 Å². The van der Waals surface area contributed by atoms with Crippen molar-refractivity contribution in [1.82, 2.24) is 0 Å². The number of ether oxygens (including phenoxy) is 1. The van der Waals surface area contributed by atoms with Crippen LogP contribution in [0.3, 0.4) is 0 Å². The van der Waals surface area contributed by atoms with E-state index < -0.39 is 0 Å². The number of hydrogen-bond donors (Lipinski definition) is 0. The van der Waals surface area contributed by atoms with E-state index in [1.54, 1.807) is 0 Å². The maximum atomic E-state index is 11.4. The van der Waals surface area contributed by atoms with Crippen LogP contribution in [0.4, 0.5) is 0 Å². The first kappa shape index (κ1) is 11.2. The second kappa shape index (κ2) is 3.62. The van der Waals surface area contributed by atoms with Gasteiger partial charge in [0.2, 0.25) is 0 Å². The molecule has 1 aliphatic heterocycles. The Bertz CT molecular complexity index is 313. The number of halogens is 1. The Morgan fingerprint density at radius 2 is 2.27 bits per heavy atom. The summed E-state index contributed by atoms with van der Waals surface area (Å²) < 4.78 is 5.48. The van der Waals surface area contributed by atoms with Crippen LogP contribution in [-0.2, 0) is 9.53 Å². The number of esters is 1. The van der Waals surface area contributed by atoms with Gasteiger partial charge in [-0.3, -0.25) is 4.79 Å². The predicted octanol–water partition coefficient (Wildman–Crippen LogP) is 3.06. The fourth-order valence-electron chi connectivity index (χ4n) is 2.74. The highest BCUT2D eigenvalue weighted by molar-refractivity contribution is 9.09. The Balaban J connectivity index is 2.21. The Morgan fingerprint density at radius 1 is 1.60 bits per heavy atom. The van der Waals surface area contributed by atoms with E-state index in [4.69, 9.17) is 4.74 Å². The molecule has 84 valence electrons. The molecule has 0 aromatic rings. The van der Waals surface area contributed by atoms with Crippen LogP contribution in [0.1, 0.15) is 33.1 Å². The molecule has 0 amide bonds. The average molecular weight is 273 g/mol. The van der Waals surface area contributed by atoms with Gasteiger partial charge >= 0.3 is 5.97 Å². The first-order valence-corrected chi connectivity index (χ1v) is 6.36. The number of carbonyl (C=O) groups excluding carboxylic acids is 1. The lowest BCUT2D eigenvalue weighted by Crippen LogP contribution is -2.46. The van der Waals surface area contributed by atoms with Crippen LogP contribution < -0.4 is 0 Å². The van der Waals surface area contributed by atoms with Gasteiger partial charge < -0.3 is 4.74 Å². The molecule has 1 saturated heterocycles. The molecule has 1 saturated carbocycles. The third-order valence-corrected chi connectivity index (χ3v) is 5.22. The van der Waals surface area contributed by atoms with Gasteiger partial charge in [0, 0.05) is 5.92 Å². The summed E-state index contributed by atoms with van der Waals surface area (Å²) in [7, 11) is 0. The molecule has 0 N–H and O–H groups in total. The number of fused-ring (bicyclic) bond motifs is 1. The number of hydrogen-bond acceptors (Lipinski definition) is 2. The molecule has 0 unspecified atom stereocenters. The Kier molecular flexibility index (Phi) is 2.70. The van der Waals surface area contributed by atoms with E-state index >= 15 is 0 Å². The molecule has 0 aromatic carbocycles. The van der Waals surface area contributed by atoms with Crippen molar-refractivity contribution in [1.29, 1.82) is 0 Å². The quantitative estimate of drug-likeness (QED) is 0.417. The van der Waals surface area contributed by atoms with Crippen molar-refractivity contribution in [3.8, 4) is 0 Å². The van der Waals surface area contributed by atoms with Gasteiger partial charge in [-0.15, -0.1) is 0 Å². The molecule has 15 heavy (non-hydrogen) atoms. The maximum Gasteiger partial charge on any atom is 0.306 e. The Hall–Kier alpha value is -0.310. The summed E-state index contributed by atoms with van der Waals surface area (Å²) in [6, 6.07) is 0. The lowest BCUT2D eigenvalue weighted by molar-refractivity contribution is -0.149. The lowest BCUT2D eigenvalue weighted by atomic mass is 9.70. The summed E-state index contributed by atoms with van der Waals surface area (Å²) >= 11 is 3.67. The molecule has 2 rings (SSSR count). The molecular formula is C12H17BrO2. The lowest BCUT2D eigenvalue weighted by Gasteiger charge is -2.42. The van der Waals surface area contributed by atoms with Crippen molar-refractivity contribution in [2.75, 3.05) is 0 Å². The van der Waals surface area contributed by atoms with Crippen LogP contribution in [0, 0.1) is 11.8 Å². The van der Waals surface area contributed by atoms with Gasteiger partial charge in [-0.2, -0.15) is 0 Å². The first-order valence-electron chi connectivity index (χ1n) is 5.44. The van der Waals surface area contributed by atoms with Crippen LogP contribution in [0.25, 0.3) is 0 Å². The highest BCUT2D eigenvalue weighted by atomic mass is 79.9. The third kappa shape index (κ3) is 1.75. The topological polar surface area (TPSA) is 26.3 Å². The molecule has 0 aromatic heterocycles. The zero-order valence-corrected chi connectivity index (χ0v) is 10.8. The summed E-state index contributed by atoms with van der Waals surface area (Å²) in [6.45, 7) is 8.15. The van der Waals surface area contributed by atoms with Crippen molar-refractivity contribution in [2.24, 2.45) is 11.8 Å². The molecule has 1 aliphatic carbocycles. The molecule has 2 nitrogen and oxygen atoms in total. The SMILES string of the molecule is C=C(C)[C@@H]1C[C@H]2CC(=O)O[C@@]2(C)[C@H](Br)C1. The van der Waals surface area contributed by atoms with Gasteiger partial charge in [-0.1, -0.05) is 28.1 Å². The summed E-state index contributed by atoms with van der Waals surface area (Å²) in [5.74, 6) is 0.834. The smallest absolute Gasteiger partial charge is 0.306 e. The summed E-state index contributed by atoms with van der Waals surface area (Å²) in [5.41, 5.74) is 0.934. The van der Waals surface area contributed by atoms with E-state index in [1.807, 2.05) is 0 Å². The van der Waals surface area contributed by atoms with Crippen molar-refractivity contribution in [3.05, 3.63) is 12.2 Å². The molecule has 3 heteroatoms. The fraction of sp³-hybridized carbons (Fsp3) is 0.750. The monoisotopic (exact) mass is 272 g/mol. The zero-order chi connectivity index (χ0) is 11.2. The summed E-state index contributed by atoms with van der Waals surface area (Å²) in [6.07, 6.45) is 2.64. The van der Waals surface area contributed by atoms with E-state index in [1.165, 1.54) is 5.57 Å².